The van der Waals surface area contributed by atoms with E-state index >= 15 is 0 Å². The summed E-state index contributed by atoms with van der Waals surface area (Å²) >= 11 is 1.62. The molecular weight excluding hydrogens is 268 g/mol. The minimum Gasteiger partial charge on any atom is -0.390 e. The smallest absolute Gasteiger partial charge is 0.254 e. The molecule has 1 aliphatic rings. The van der Waals surface area contributed by atoms with Crippen LogP contribution in [0.2, 0.25) is 0 Å². The standard InChI is InChI=1S/C16H26N2OS/c1-5-16(3,4)10-7-8-11-12(9-10)20-14(17)13(11)15(19)18-6-2/h10H,5-9,17H2,1-4H3,(H,18,19). The molecule has 1 aromatic rings. The summed E-state index contributed by atoms with van der Waals surface area (Å²) in [6.45, 7) is 9.55. The Kier molecular flexibility index (Phi) is 4.43. The molecule has 1 aliphatic carbocycles. The van der Waals surface area contributed by atoms with Crippen molar-refractivity contribution in [3.8, 4) is 0 Å². The van der Waals surface area contributed by atoms with Crippen LogP contribution in [0.1, 0.15) is 61.3 Å². The molecule has 2 rings (SSSR count). The van der Waals surface area contributed by atoms with Gasteiger partial charge in [0, 0.05) is 11.4 Å². The number of rotatable bonds is 4. The maximum atomic E-state index is 12.1. The lowest BCUT2D eigenvalue weighted by Gasteiger charge is -2.36. The van der Waals surface area contributed by atoms with Gasteiger partial charge in [-0.25, -0.2) is 0 Å². The molecule has 20 heavy (non-hydrogen) atoms. The van der Waals surface area contributed by atoms with E-state index in [1.165, 1.54) is 16.9 Å². The Morgan fingerprint density at radius 3 is 2.75 bits per heavy atom. The average molecular weight is 294 g/mol. The van der Waals surface area contributed by atoms with Crippen molar-refractivity contribution in [2.45, 2.75) is 53.4 Å². The van der Waals surface area contributed by atoms with E-state index in [2.05, 4.69) is 26.1 Å². The van der Waals surface area contributed by atoms with Crippen LogP contribution in [0.3, 0.4) is 0 Å². The van der Waals surface area contributed by atoms with Gasteiger partial charge in [-0.3, -0.25) is 4.79 Å². The second kappa shape index (κ2) is 5.76. The molecule has 0 aliphatic heterocycles. The monoisotopic (exact) mass is 294 g/mol. The molecule has 0 fully saturated rings. The number of fused-ring (bicyclic) bond motifs is 1. The van der Waals surface area contributed by atoms with Gasteiger partial charge in [0.25, 0.3) is 5.91 Å². The molecule has 3 nitrogen and oxygen atoms in total. The van der Waals surface area contributed by atoms with Gasteiger partial charge in [0.1, 0.15) is 0 Å². The maximum absolute atomic E-state index is 12.1. The normalized spacial score (nSPS) is 18.7. The highest BCUT2D eigenvalue weighted by Crippen LogP contribution is 2.44. The molecule has 0 spiro atoms. The van der Waals surface area contributed by atoms with E-state index in [1.807, 2.05) is 6.92 Å². The van der Waals surface area contributed by atoms with Gasteiger partial charge in [-0.2, -0.15) is 0 Å². The van der Waals surface area contributed by atoms with Crippen LogP contribution in [0.4, 0.5) is 5.00 Å². The number of nitrogens with two attached hydrogens (primary N) is 1. The van der Waals surface area contributed by atoms with Gasteiger partial charge in [-0.15, -0.1) is 11.3 Å². The van der Waals surface area contributed by atoms with Crippen LogP contribution in [0, 0.1) is 11.3 Å². The topological polar surface area (TPSA) is 55.1 Å². The summed E-state index contributed by atoms with van der Waals surface area (Å²) in [7, 11) is 0. The van der Waals surface area contributed by atoms with Crippen molar-refractivity contribution in [1.29, 1.82) is 0 Å². The van der Waals surface area contributed by atoms with Crippen molar-refractivity contribution >= 4 is 22.2 Å². The Morgan fingerprint density at radius 2 is 2.15 bits per heavy atom. The van der Waals surface area contributed by atoms with E-state index in [0.717, 1.165) is 24.8 Å². The Hall–Kier alpha value is -1.03. The highest BCUT2D eigenvalue weighted by atomic mass is 32.1. The van der Waals surface area contributed by atoms with E-state index in [-0.39, 0.29) is 5.91 Å². The molecule has 4 heteroatoms. The lowest BCUT2D eigenvalue weighted by Crippen LogP contribution is -2.29. The first kappa shape index (κ1) is 15.4. The molecule has 1 unspecified atom stereocenters. The van der Waals surface area contributed by atoms with E-state index in [1.54, 1.807) is 11.3 Å². The predicted octanol–water partition coefficient (Wildman–Crippen LogP) is 3.62. The number of amides is 1. The number of nitrogens with one attached hydrogen (secondary N) is 1. The van der Waals surface area contributed by atoms with E-state index in [4.69, 9.17) is 5.73 Å². The zero-order valence-corrected chi connectivity index (χ0v) is 13.8. The Labute approximate surface area is 125 Å². The molecule has 0 saturated carbocycles. The van der Waals surface area contributed by atoms with Crippen LogP contribution >= 0.6 is 11.3 Å². The van der Waals surface area contributed by atoms with E-state index in [0.29, 0.717) is 22.9 Å². The molecule has 0 saturated heterocycles. The van der Waals surface area contributed by atoms with E-state index in [9.17, 15) is 4.79 Å². The van der Waals surface area contributed by atoms with Gasteiger partial charge >= 0.3 is 0 Å². The summed E-state index contributed by atoms with van der Waals surface area (Å²) in [5.41, 5.74) is 8.42. The summed E-state index contributed by atoms with van der Waals surface area (Å²) in [6.07, 6.45) is 4.42. The van der Waals surface area contributed by atoms with Crippen LogP contribution in [-0.2, 0) is 12.8 Å². The summed E-state index contributed by atoms with van der Waals surface area (Å²) in [6, 6.07) is 0. The Balaban J connectivity index is 2.28. The fourth-order valence-electron chi connectivity index (χ4n) is 3.06. The molecule has 112 valence electrons. The number of hydrogen-bond acceptors (Lipinski definition) is 3. The van der Waals surface area contributed by atoms with Crippen molar-refractivity contribution < 1.29 is 4.79 Å². The number of hydrogen-bond donors (Lipinski definition) is 2. The van der Waals surface area contributed by atoms with Gasteiger partial charge in [-0.05, 0) is 43.1 Å². The third kappa shape index (κ3) is 2.71. The SMILES string of the molecule is CCNC(=O)c1c(N)sc2c1CCC(C(C)(C)CC)C2. The van der Waals surface area contributed by atoms with E-state index < -0.39 is 0 Å². The van der Waals surface area contributed by atoms with Crippen LogP contribution < -0.4 is 11.1 Å². The average Bonchev–Trinajstić information content (AvgIpc) is 2.73. The van der Waals surface area contributed by atoms with Gasteiger partial charge in [0.15, 0.2) is 0 Å². The predicted molar refractivity (Wildman–Crippen MR) is 86.3 cm³/mol. The lowest BCUT2D eigenvalue weighted by molar-refractivity contribution is 0.0955. The minimum atomic E-state index is -0.00398. The Bertz CT molecular complexity index is 505. The molecule has 3 N–H and O–H groups in total. The summed E-state index contributed by atoms with van der Waals surface area (Å²) < 4.78 is 0. The highest BCUT2D eigenvalue weighted by Gasteiger charge is 2.34. The van der Waals surface area contributed by atoms with Gasteiger partial charge in [-0.1, -0.05) is 27.2 Å². The second-order valence-electron chi connectivity index (χ2n) is 6.38. The molecular formula is C16H26N2OS. The van der Waals surface area contributed by atoms with Crippen LogP contribution in [0.25, 0.3) is 0 Å². The van der Waals surface area contributed by atoms with Gasteiger partial charge in [0.05, 0.1) is 10.6 Å². The first-order chi connectivity index (χ1) is 9.40. The van der Waals surface area contributed by atoms with Crippen molar-refractivity contribution in [2.75, 3.05) is 12.3 Å². The second-order valence-corrected chi connectivity index (χ2v) is 7.52. The molecule has 0 aromatic carbocycles. The number of carbonyl (C=O) groups excluding carboxylic acids is 1. The third-order valence-corrected chi connectivity index (χ3v) is 5.96. The number of anilines is 1. The number of nitrogen functional groups attached to an aromatic ring is 1. The zero-order chi connectivity index (χ0) is 14.9. The molecule has 0 bridgehead atoms. The minimum absolute atomic E-state index is 0.00398. The van der Waals surface area contributed by atoms with Crippen molar-refractivity contribution in [2.24, 2.45) is 11.3 Å². The van der Waals surface area contributed by atoms with Gasteiger partial charge in [0.2, 0.25) is 0 Å². The molecule has 1 amide bonds. The Morgan fingerprint density at radius 1 is 1.45 bits per heavy atom. The fourth-order valence-corrected chi connectivity index (χ4v) is 4.26. The van der Waals surface area contributed by atoms with Crippen LogP contribution in [0.15, 0.2) is 0 Å². The zero-order valence-electron chi connectivity index (χ0n) is 13.0. The number of carbonyl (C=O) groups is 1. The summed E-state index contributed by atoms with van der Waals surface area (Å²) in [5.74, 6) is 0.691. The van der Waals surface area contributed by atoms with Crippen molar-refractivity contribution in [3.05, 3.63) is 16.0 Å². The van der Waals surface area contributed by atoms with Crippen molar-refractivity contribution in [1.82, 2.24) is 5.32 Å². The molecule has 1 aromatic heterocycles. The molecule has 1 heterocycles. The first-order valence-electron chi connectivity index (χ1n) is 7.58. The summed E-state index contributed by atoms with van der Waals surface area (Å²) in [5, 5.41) is 3.57. The lowest BCUT2D eigenvalue weighted by atomic mass is 9.69. The fraction of sp³-hybridized carbons (Fsp3) is 0.688. The first-order valence-corrected chi connectivity index (χ1v) is 8.40. The summed E-state index contributed by atoms with van der Waals surface area (Å²) in [4.78, 5) is 13.5. The quantitative estimate of drug-likeness (QED) is 0.891. The van der Waals surface area contributed by atoms with Gasteiger partial charge < -0.3 is 11.1 Å². The van der Waals surface area contributed by atoms with Crippen LogP contribution in [-0.4, -0.2) is 12.5 Å². The largest absolute Gasteiger partial charge is 0.390 e. The molecule has 0 radical (unpaired) electrons. The molecule has 1 atom stereocenters. The maximum Gasteiger partial charge on any atom is 0.254 e. The van der Waals surface area contributed by atoms with Crippen LogP contribution in [0.5, 0.6) is 0 Å². The third-order valence-electron chi connectivity index (χ3n) is 4.87. The number of thiophene rings is 1. The highest BCUT2D eigenvalue weighted by molar-refractivity contribution is 7.16. The van der Waals surface area contributed by atoms with Crippen molar-refractivity contribution in [3.63, 3.8) is 0 Å².